The molecule has 0 heterocycles. The lowest BCUT2D eigenvalue weighted by molar-refractivity contribution is 0.125. The third kappa shape index (κ3) is 2.91. The van der Waals surface area contributed by atoms with E-state index in [1.807, 2.05) is 30.3 Å². The van der Waals surface area contributed by atoms with E-state index >= 15 is 0 Å². The number of nitrogens with zero attached hydrogens (tertiary/aromatic N) is 1. The monoisotopic (exact) mass is 248 g/mol. The van der Waals surface area contributed by atoms with Gasteiger partial charge in [-0.2, -0.15) is 0 Å². The minimum Gasteiger partial charge on any atom is -0.394 e. The van der Waals surface area contributed by atoms with Crippen LogP contribution in [0.5, 0.6) is 0 Å². The summed E-state index contributed by atoms with van der Waals surface area (Å²) in [6.07, 6.45) is 4.75. The Morgan fingerprint density at radius 1 is 1.33 bits per heavy atom. The van der Waals surface area contributed by atoms with Crippen molar-refractivity contribution in [2.45, 2.75) is 37.3 Å². The van der Waals surface area contributed by atoms with E-state index < -0.39 is 5.54 Å². The Hall–Kier alpha value is -0.900. The Bertz CT molecular complexity index is 364. The summed E-state index contributed by atoms with van der Waals surface area (Å²) in [5.41, 5.74) is 6.76. The molecule has 0 aliphatic heterocycles. The van der Waals surface area contributed by atoms with Crippen LogP contribution in [0.2, 0.25) is 0 Å². The molecule has 0 aromatic heterocycles. The number of benzene rings is 1. The van der Waals surface area contributed by atoms with Crippen molar-refractivity contribution in [1.29, 1.82) is 0 Å². The summed E-state index contributed by atoms with van der Waals surface area (Å²) in [7, 11) is 2.16. The van der Waals surface area contributed by atoms with E-state index in [1.165, 1.54) is 19.3 Å². The highest BCUT2D eigenvalue weighted by Crippen LogP contribution is 2.26. The zero-order chi connectivity index (χ0) is 13.0. The lowest BCUT2D eigenvalue weighted by Gasteiger charge is -2.37. The fourth-order valence-electron chi connectivity index (χ4n) is 2.47. The van der Waals surface area contributed by atoms with E-state index in [9.17, 15) is 5.11 Å². The highest BCUT2D eigenvalue weighted by atomic mass is 16.3. The van der Waals surface area contributed by atoms with Crippen molar-refractivity contribution in [1.82, 2.24) is 4.90 Å². The fourth-order valence-corrected chi connectivity index (χ4v) is 2.47. The molecule has 3 heteroatoms. The molecule has 0 bridgehead atoms. The van der Waals surface area contributed by atoms with E-state index in [0.29, 0.717) is 0 Å². The molecule has 3 nitrogen and oxygen atoms in total. The van der Waals surface area contributed by atoms with Gasteiger partial charge in [-0.3, -0.25) is 0 Å². The van der Waals surface area contributed by atoms with Crippen molar-refractivity contribution in [2.75, 3.05) is 20.2 Å². The number of nitrogens with two attached hydrogens (primary N) is 1. The Labute approximate surface area is 110 Å². The number of hydrogen-bond acceptors (Lipinski definition) is 3. The maximum atomic E-state index is 9.62. The molecule has 0 radical (unpaired) electrons. The van der Waals surface area contributed by atoms with Crippen LogP contribution in [-0.4, -0.2) is 36.2 Å². The van der Waals surface area contributed by atoms with Gasteiger partial charge in [0.2, 0.25) is 0 Å². The summed E-state index contributed by atoms with van der Waals surface area (Å²) in [6.45, 7) is 0.937. The van der Waals surface area contributed by atoms with Crippen molar-refractivity contribution in [3.05, 3.63) is 35.9 Å². The van der Waals surface area contributed by atoms with Gasteiger partial charge in [0, 0.05) is 12.6 Å². The van der Waals surface area contributed by atoms with Gasteiger partial charge in [-0.25, -0.2) is 0 Å². The van der Waals surface area contributed by atoms with E-state index in [2.05, 4.69) is 11.9 Å². The summed E-state index contributed by atoms with van der Waals surface area (Å²) in [4.78, 5) is 2.38. The van der Waals surface area contributed by atoms with Gasteiger partial charge in [0.25, 0.3) is 0 Å². The van der Waals surface area contributed by atoms with Gasteiger partial charge in [-0.1, -0.05) is 36.8 Å². The van der Waals surface area contributed by atoms with Crippen LogP contribution in [0, 0.1) is 0 Å². The third-order valence-corrected chi connectivity index (χ3v) is 4.24. The first-order chi connectivity index (χ1) is 8.65. The first-order valence-corrected chi connectivity index (χ1v) is 6.81. The van der Waals surface area contributed by atoms with Gasteiger partial charge in [0.05, 0.1) is 12.1 Å². The van der Waals surface area contributed by atoms with Crippen LogP contribution in [0.3, 0.4) is 0 Å². The summed E-state index contributed by atoms with van der Waals surface area (Å²) in [5.74, 6) is 0. The van der Waals surface area contributed by atoms with Crippen molar-refractivity contribution in [3.63, 3.8) is 0 Å². The second-order valence-electron chi connectivity index (χ2n) is 5.50. The van der Waals surface area contributed by atoms with E-state index in [1.54, 1.807) is 0 Å². The highest BCUT2D eigenvalue weighted by molar-refractivity contribution is 5.24. The molecule has 18 heavy (non-hydrogen) atoms. The molecule has 0 saturated heterocycles. The molecule has 1 fully saturated rings. The quantitative estimate of drug-likeness (QED) is 0.805. The van der Waals surface area contributed by atoms with Crippen LogP contribution in [0.15, 0.2) is 30.3 Å². The molecule has 2 rings (SSSR count). The zero-order valence-corrected chi connectivity index (χ0v) is 11.2. The minimum atomic E-state index is -0.612. The van der Waals surface area contributed by atoms with Gasteiger partial charge >= 0.3 is 0 Å². The van der Waals surface area contributed by atoms with Gasteiger partial charge in [-0.05, 0) is 31.9 Å². The van der Waals surface area contributed by atoms with E-state index in [0.717, 1.165) is 24.6 Å². The number of hydrogen-bond donors (Lipinski definition) is 2. The summed E-state index contributed by atoms with van der Waals surface area (Å²) >= 11 is 0. The highest BCUT2D eigenvalue weighted by Gasteiger charge is 2.28. The van der Waals surface area contributed by atoms with Crippen LogP contribution in [0.25, 0.3) is 0 Å². The van der Waals surface area contributed by atoms with Crippen molar-refractivity contribution in [2.24, 2.45) is 5.73 Å². The normalized spacial score (nSPS) is 19.6. The Kier molecular flexibility index (Phi) is 4.38. The van der Waals surface area contributed by atoms with Crippen LogP contribution in [0.4, 0.5) is 0 Å². The lowest BCUT2D eigenvalue weighted by Crippen LogP contribution is -2.45. The van der Waals surface area contributed by atoms with E-state index in [-0.39, 0.29) is 6.61 Å². The molecular weight excluding hydrogens is 224 g/mol. The van der Waals surface area contributed by atoms with Crippen molar-refractivity contribution >= 4 is 0 Å². The standard InChI is InChI=1S/C15H24N2O/c1-17(14-8-5-9-14)11-10-15(16,12-18)13-6-3-2-4-7-13/h2-4,6-7,14,18H,5,8-12,16H2,1H3. The van der Waals surface area contributed by atoms with Gasteiger partial charge < -0.3 is 15.7 Å². The number of aliphatic hydroxyl groups is 1. The predicted molar refractivity (Wildman–Crippen MR) is 74.3 cm³/mol. The second-order valence-corrected chi connectivity index (χ2v) is 5.50. The average Bonchev–Trinajstić information content (AvgIpc) is 2.35. The Morgan fingerprint density at radius 2 is 2.00 bits per heavy atom. The van der Waals surface area contributed by atoms with Crippen molar-refractivity contribution in [3.8, 4) is 0 Å². The molecule has 0 amide bonds. The maximum absolute atomic E-state index is 9.62. The first-order valence-electron chi connectivity index (χ1n) is 6.81. The van der Waals surface area contributed by atoms with Crippen LogP contribution in [0.1, 0.15) is 31.2 Å². The van der Waals surface area contributed by atoms with Gasteiger partial charge in [0.15, 0.2) is 0 Å². The number of aliphatic hydroxyl groups excluding tert-OH is 1. The predicted octanol–water partition coefficient (Wildman–Crippen LogP) is 1.71. The topological polar surface area (TPSA) is 49.5 Å². The van der Waals surface area contributed by atoms with Crippen molar-refractivity contribution < 1.29 is 5.11 Å². The summed E-state index contributed by atoms with van der Waals surface area (Å²) < 4.78 is 0. The van der Waals surface area contributed by atoms with Crippen LogP contribution < -0.4 is 5.73 Å². The molecule has 3 N–H and O–H groups in total. The smallest absolute Gasteiger partial charge is 0.0656 e. The van der Waals surface area contributed by atoms with Gasteiger partial charge in [-0.15, -0.1) is 0 Å². The molecule has 1 aromatic rings. The lowest BCUT2D eigenvalue weighted by atomic mass is 9.87. The zero-order valence-electron chi connectivity index (χ0n) is 11.2. The van der Waals surface area contributed by atoms with Crippen LogP contribution in [-0.2, 0) is 5.54 Å². The van der Waals surface area contributed by atoms with Crippen LogP contribution >= 0.6 is 0 Å². The fraction of sp³-hybridized carbons (Fsp3) is 0.600. The minimum absolute atomic E-state index is 0.00444. The Balaban J connectivity index is 1.95. The van der Waals surface area contributed by atoms with E-state index in [4.69, 9.17) is 5.73 Å². The average molecular weight is 248 g/mol. The molecule has 1 atom stereocenters. The molecule has 1 aliphatic rings. The number of rotatable bonds is 6. The Morgan fingerprint density at radius 3 is 2.50 bits per heavy atom. The molecule has 1 unspecified atom stereocenters. The SMILES string of the molecule is CN(CCC(N)(CO)c1ccccc1)C1CCC1. The largest absolute Gasteiger partial charge is 0.394 e. The molecule has 0 spiro atoms. The molecule has 1 saturated carbocycles. The first kappa shape index (κ1) is 13.5. The molecule has 1 aliphatic carbocycles. The molecule has 1 aromatic carbocycles. The molecular formula is C15H24N2O. The maximum Gasteiger partial charge on any atom is 0.0656 e. The molecule has 100 valence electrons. The third-order valence-electron chi connectivity index (χ3n) is 4.24. The second kappa shape index (κ2) is 5.83. The summed E-state index contributed by atoms with van der Waals surface area (Å²) in [6, 6.07) is 10.6. The summed E-state index contributed by atoms with van der Waals surface area (Å²) in [5, 5.41) is 9.62. The van der Waals surface area contributed by atoms with Gasteiger partial charge in [0.1, 0.15) is 0 Å².